The number of azo groups is 1. The quantitative estimate of drug-likeness (QED) is 0.314. The average Bonchev–Trinajstić information content (AvgIpc) is 2.59. The van der Waals surface area contributed by atoms with Gasteiger partial charge in [-0.25, -0.2) is 0 Å². The summed E-state index contributed by atoms with van der Waals surface area (Å²) in [4.78, 5) is 0. The van der Waals surface area contributed by atoms with Gasteiger partial charge in [-0.3, -0.25) is 0 Å². The summed E-state index contributed by atoms with van der Waals surface area (Å²) in [6, 6.07) is 18.9. The maximum Gasteiger partial charge on any atom is 0.145 e. The van der Waals surface area contributed by atoms with E-state index in [1.165, 1.54) is 12.1 Å². The van der Waals surface area contributed by atoms with Gasteiger partial charge in [-0.05, 0) is 36.4 Å². The molecule has 0 fully saturated rings. The Balaban J connectivity index is 1.83. The van der Waals surface area contributed by atoms with Crippen molar-refractivity contribution in [2.75, 3.05) is 5.32 Å². The average molecular weight is 340 g/mol. The van der Waals surface area contributed by atoms with E-state index >= 15 is 0 Å². The van der Waals surface area contributed by atoms with E-state index in [9.17, 15) is 10.2 Å². The predicted octanol–water partition coefficient (Wildman–Crippen LogP) is 5.91. The molecule has 0 atom stereocenters. The van der Waals surface area contributed by atoms with Crippen molar-refractivity contribution in [1.82, 2.24) is 0 Å². The van der Waals surface area contributed by atoms with Crippen LogP contribution in [0, 0.1) is 0 Å². The highest BCUT2D eigenvalue weighted by Crippen LogP contribution is 2.38. The molecule has 5 nitrogen and oxygen atoms in total. The van der Waals surface area contributed by atoms with Gasteiger partial charge < -0.3 is 15.5 Å². The molecule has 0 aliphatic carbocycles. The molecule has 3 aromatic carbocycles. The number of aromatic hydroxyl groups is 2. The molecule has 0 saturated carbocycles. The van der Waals surface area contributed by atoms with Crippen molar-refractivity contribution < 1.29 is 10.2 Å². The maximum atomic E-state index is 10.1. The van der Waals surface area contributed by atoms with Gasteiger partial charge in [0.1, 0.15) is 17.2 Å². The molecule has 0 spiro atoms. The fourth-order valence-electron chi connectivity index (χ4n) is 2.04. The third-order valence-electron chi connectivity index (χ3n) is 3.25. The van der Waals surface area contributed by atoms with Gasteiger partial charge in [-0.1, -0.05) is 29.8 Å². The van der Waals surface area contributed by atoms with Gasteiger partial charge in [0.2, 0.25) is 0 Å². The Kier molecular flexibility index (Phi) is 4.63. The summed E-state index contributed by atoms with van der Waals surface area (Å²) in [6.45, 7) is 0. The molecule has 6 heteroatoms. The number of halogens is 1. The molecule has 0 heterocycles. The number of rotatable bonds is 4. The zero-order valence-corrected chi connectivity index (χ0v) is 13.3. The first-order chi connectivity index (χ1) is 11.6. The van der Waals surface area contributed by atoms with E-state index in [2.05, 4.69) is 15.5 Å². The third-order valence-corrected chi connectivity index (χ3v) is 3.50. The lowest BCUT2D eigenvalue weighted by atomic mass is 10.2. The number of nitrogens with one attached hydrogen (secondary N) is 1. The third kappa shape index (κ3) is 3.83. The Morgan fingerprint density at radius 1 is 0.792 bits per heavy atom. The summed E-state index contributed by atoms with van der Waals surface area (Å²) in [5.41, 5.74) is 1.93. The van der Waals surface area contributed by atoms with E-state index in [4.69, 9.17) is 11.6 Å². The van der Waals surface area contributed by atoms with Crippen LogP contribution < -0.4 is 5.32 Å². The summed E-state index contributed by atoms with van der Waals surface area (Å²) in [6.07, 6.45) is 0. The summed E-state index contributed by atoms with van der Waals surface area (Å²) >= 11 is 5.81. The van der Waals surface area contributed by atoms with Gasteiger partial charge >= 0.3 is 0 Å². The zero-order chi connectivity index (χ0) is 16.9. The first-order valence-corrected chi connectivity index (χ1v) is 7.55. The molecule has 120 valence electrons. The van der Waals surface area contributed by atoms with Gasteiger partial charge in [0.15, 0.2) is 0 Å². The molecule has 0 amide bonds. The number of phenolic OH excluding ortho intramolecular Hbond substituents is 2. The predicted molar refractivity (Wildman–Crippen MR) is 95.1 cm³/mol. The second kappa shape index (κ2) is 7.02. The number of phenols is 2. The zero-order valence-electron chi connectivity index (χ0n) is 12.5. The Morgan fingerprint density at radius 2 is 1.50 bits per heavy atom. The van der Waals surface area contributed by atoms with Crippen molar-refractivity contribution >= 4 is 34.4 Å². The summed E-state index contributed by atoms with van der Waals surface area (Å²) in [7, 11) is 0. The van der Waals surface area contributed by atoms with Crippen molar-refractivity contribution in [3.8, 4) is 11.5 Å². The van der Waals surface area contributed by atoms with Crippen LogP contribution in [0.1, 0.15) is 0 Å². The van der Waals surface area contributed by atoms with Gasteiger partial charge in [0.05, 0.1) is 11.4 Å². The fourth-order valence-corrected chi connectivity index (χ4v) is 2.17. The molecule has 3 aromatic rings. The highest BCUT2D eigenvalue weighted by molar-refractivity contribution is 6.30. The van der Waals surface area contributed by atoms with Crippen LogP contribution in [-0.2, 0) is 0 Å². The van der Waals surface area contributed by atoms with Crippen LogP contribution in [0.4, 0.5) is 22.7 Å². The number of hydrogen-bond donors (Lipinski definition) is 3. The molecule has 0 bridgehead atoms. The Bertz CT molecular complexity index is 865. The fraction of sp³-hybridized carbons (Fsp3) is 0. The number of benzene rings is 3. The topological polar surface area (TPSA) is 77.2 Å². The molecule has 0 aliphatic heterocycles. The summed E-state index contributed by atoms with van der Waals surface area (Å²) in [5, 5.41) is 31.8. The molecule has 0 aromatic heterocycles. The van der Waals surface area contributed by atoms with Gasteiger partial charge in [-0.15, -0.1) is 5.11 Å². The Labute approximate surface area is 143 Å². The van der Waals surface area contributed by atoms with E-state index in [0.29, 0.717) is 16.4 Å². The van der Waals surface area contributed by atoms with Gasteiger partial charge in [-0.2, -0.15) is 5.11 Å². The largest absolute Gasteiger partial charge is 0.506 e. The lowest BCUT2D eigenvalue weighted by Crippen LogP contribution is -1.90. The van der Waals surface area contributed by atoms with Gasteiger partial charge in [0.25, 0.3) is 0 Å². The van der Waals surface area contributed by atoms with Gasteiger partial charge in [0, 0.05) is 22.8 Å². The first-order valence-electron chi connectivity index (χ1n) is 7.17. The second-order valence-electron chi connectivity index (χ2n) is 5.03. The highest BCUT2D eigenvalue weighted by Gasteiger charge is 2.09. The molecule has 3 rings (SSSR count). The molecule has 0 unspecified atom stereocenters. The van der Waals surface area contributed by atoms with Crippen LogP contribution in [0.25, 0.3) is 0 Å². The lowest BCUT2D eigenvalue weighted by Gasteiger charge is -2.10. The second-order valence-corrected chi connectivity index (χ2v) is 5.46. The molecular formula is C18H14ClN3O2. The van der Waals surface area contributed by atoms with Crippen molar-refractivity contribution in [1.29, 1.82) is 0 Å². The van der Waals surface area contributed by atoms with E-state index in [1.54, 1.807) is 24.3 Å². The smallest absolute Gasteiger partial charge is 0.145 e. The molecule has 24 heavy (non-hydrogen) atoms. The maximum absolute atomic E-state index is 10.1. The van der Waals surface area contributed by atoms with Crippen LogP contribution in [0.3, 0.4) is 0 Å². The van der Waals surface area contributed by atoms with Crippen LogP contribution >= 0.6 is 11.6 Å². The minimum atomic E-state index is -0.0936. The molecule has 0 radical (unpaired) electrons. The first kappa shape index (κ1) is 15.8. The normalized spacial score (nSPS) is 10.9. The van der Waals surface area contributed by atoms with E-state index in [0.717, 1.165) is 5.69 Å². The molecule has 0 saturated heterocycles. The number of para-hydroxylation sites is 1. The SMILES string of the molecule is Oc1cc(Nc2ccccc2)c(O)cc1N=Nc1ccc(Cl)cc1. The molecule has 3 N–H and O–H groups in total. The summed E-state index contributed by atoms with van der Waals surface area (Å²) < 4.78 is 0. The summed E-state index contributed by atoms with van der Waals surface area (Å²) in [5.74, 6) is -0.134. The Hall–Kier alpha value is -3.05. The van der Waals surface area contributed by atoms with E-state index in [-0.39, 0.29) is 17.2 Å². The van der Waals surface area contributed by atoms with Crippen LogP contribution in [-0.4, -0.2) is 10.2 Å². The number of anilines is 2. The highest BCUT2D eigenvalue weighted by atomic mass is 35.5. The van der Waals surface area contributed by atoms with Crippen molar-refractivity contribution in [3.05, 3.63) is 71.8 Å². The lowest BCUT2D eigenvalue weighted by molar-refractivity contribution is 0.463. The van der Waals surface area contributed by atoms with Crippen molar-refractivity contribution in [2.45, 2.75) is 0 Å². The Morgan fingerprint density at radius 3 is 2.21 bits per heavy atom. The minimum absolute atomic E-state index is 0.0401. The van der Waals surface area contributed by atoms with Crippen LogP contribution in [0.15, 0.2) is 77.0 Å². The van der Waals surface area contributed by atoms with Crippen molar-refractivity contribution in [3.63, 3.8) is 0 Å². The van der Waals surface area contributed by atoms with Crippen molar-refractivity contribution in [2.24, 2.45) is 10.2 Å². The molecular weight excluding hydrogens is 326 g/mol. The standard InChI is InChI=1S/C18H14ClN3O2/c19-12-6-8-14(9-7-12)21-22-16-11-17(23)15(10-18(16)24)20-13-4-2-1-3-5-13/h1-11,20,23-24H. The van der Waals surface area contributed by atoms with Crippen LogP contribution in [0.2, 0.25) is 5.02 Å². The molecule has 0 aliphatic rings. The van der Waals surface area contributed by atoms with E-state index < -0.39 is 0 Å². The minimum Gasteiger partial charge on any atom is -0.506 e. The monoisotopic (exact) mass is 339 g/mol. The number of hydrogen-bond acceptors (Lipinski definition) is 5. The van der Waals surface area contributed by atoms with E-state index in [1.807, 2.05) is 30.3 Å². The van der Waals surface area contributed by atoms with Crippen LogP contribution in [0.5, 0.6) is 11.5 Å². The number of nitrogens with zero attached hydrogens (tertiary/aromatic N) is 2.